The van der Waals surface area contributed by atoms with Crippen LogP contribution in [0.25, 0.3) is 0 Å². The molecule has 0 aliphatic rings. The van der Waals surface area contributed by atoms with E-state index in [0.717, 1.165) is 12.8 Å². The van der Waals surface area contributed by atoms with Gasteiger partial charge < -0.3 is 9.84 Å². The van der Waals surface area contributed by atoms with Crippen molar-refractivity contribution >= 4 is 5.97 Å². The lowest BCUT2D eigenvalue weighted by molar-refractivity contribution is 0.0691. The van der Waals surface area contributed by atoms with Gasteiger partial charge >= 0.3 is 5.97 Å². The highest BCUT2D eigenvalue weighted by atomic mass is 16.5. The normalized spacial score (nSPS) is 10.1. The van der Waals surface area contributed by atoms with E-state index >= 15 is 0 Å². The van der Waals surface area contributed by atoms with Crippen LogP contribution in [-0.4, -0.2) is 27.7 Å². The largest absolute Gasteiger partial charge is 0.493 e. The molecule has 98 valence electrons. The Morgan fingerprint density at radius 1 is 1.16 bits per heavy atom. The minimum atomic E-state index is -1.03. The number of carbonyl (C=O) groups is 1. The summed E-state index contributed by atoms with van der Waals surface area (Å²) in [5, 5.41) is 8.97. The fourth-order valence-electron chi connectivity index (χ4n) is 1.68. The quantitative estimate of drug-likeness (QED) is 0.804. The minimum absolute atomic E-state index is 0.0893. The van der Waals surface area contributed by atoms with Crippen molar-refractivity contribution in [3.05, 3.63) is 54.1 Å². The summed E-state index contributed by atoms with van der Waals surface area (Å²) in [7, 11) is 0. The van der Waals surface area contributed by atoms with Gasteiger partial charge in [0, 0.05) is 24.8 Å². The lowest BCUT2D eigenvalue weighted by Gasteiger charge is -2.08. The van der Waals surface area contributed by atoms with Crippen LogP contribution in [0.4, 0.5) is 0 Å². The van der Waals surface area contributed by atoms with Crippen LogP contribution in [0.2, 0.25) is 0 Å². The fourth-order valence-corrected chi connectivity index (χ4v) is 1.68. The highest BCUT2D eigenvalue weighted by Crippen LogP contribution is 2.16. The number of aromatic carboxylic acids is 1. The van der Waals surface area contributed by atoms with Crippen molar-refractivity contribution in [3.63, 3.8) is 0 Å². The van der Waals surface area contributed by atoms with Crippen LogP contribution >= 0.6 is 0 Å². The summed E-state index contributed by atoms with van der Waals surface area (Å²) in [5.41, 5.74) is 1.28. The Morgan fingerprint density at radius 2 is 1.89 bits per heavy atom. The predicted molar refractivity (Wildman–Crippen MR) is 69.2 cm³/mol. The number of hydrogen-bond donors (Lipinski definition) is 1. The first-order valence-electron chi connectivity index (χ1n) is 5.96. The monoisotopic (exact) mass is 258 g/mol. The molecule has 2 rings (SSSR count). The van der Waals surface area contributed by atoms with Crippen molar-refractivity contribution in [3.8, 4) is 5.75 Å². The molecular weight excluding hydrogens is 244 g/mol. The number of aromatic nitrogens is 2. The standard InChI is InChI=1S/C14H14N2O3/c17-14(18)12-10-16-8-5-13(12)19-9-1-2-11-3-6-15-7-4-11/h3-8,10H,1-2,9H2,(H,17,18). The Balaban J connectivity index is 1.85. The topological polar surface area (TPSA) is 72.3 Å². The van der Waals surface area contributed by atoms with Gasteiger partial charge in [0.1, 0.15) is 11.3 Å². The molecule has 0 spiro atoms. The molecule has 0 saturated carbocycles. The zero-order valence-electron chi connectivity index (χ0n) is 10.3. The van der Waals surface area contributed by atoms with E-state index < -0.39 is 5.97 Å². The Bertz CT molecular complexity index is 543. The molecule has 0 unspecified atom stereocenters. The molecule has 0 radical (unpaired) electrons. The van der Waals surface area contributed by atoms with E-state index in [9.17, 15) is 4.79 Å². The highest BCUT2D eigenvalue weighted by Gasteiger charge is 2.10. The second-order valence-electron chi connectivity index (χ2n) is 3.98. The summed E-state index contributed by atoms with van der Waals surface area (Å²) in [6.45, 7) is 0.465. The molecule has 0 aliphatic heterocycles. The van der Waals surface area contributed by atoms with Crippen LogP contribution < -0.4 is 4.74 Å². The smallest absolute Gasteiger partial charge is 0.341 e. The number of pyridine rings is 2. The number of carboxylic acid groups (broad SMARTS) is 1. The molecule has 2 heterocycles. The fraction of sp³-hybridized carbons (Fsp3) is 0.214. The van der Waals surface area contributed by atoms with Gasteiger partial charge in [-0.3, -0.25) is 9.97 Å². The van der Waals surface area contributed by atoms with Crippen LogP contribution in [0, 0.1) is 0 Å². The number of carboxylic acids is 1. The van der Waals surface area contributed by atoms with Gasteiger partial charge in [-0.15, -0.1) is 0 Å². The first kappa shape index (κ1) is 13.0. The van der Waals surface area contributed by atoms with E-state index in [0.29, 0.717) is 12.4 Å². The summed E-state index contributed by atoms with van der Waals surface area (Å²) in [5.74, 6) is -0.672. The van der Waals surface area contributed by atoms with Crippen molar-refractivity contribution < 1.29 is 14.6 Å². The maximum atomic E-state index is 10.9. The first-order valence-corrected chi connectivity index (χ1v) is 5.96. The van der Waals surface area contributed by atoms with Crippen LogP contribution in [0.5, 0.6) is 5.75 Å². The van der Waals surface area contributed by atoms with Crippen LogP contribution in [0.3, 0.4) is 0 Å². The third kappa shape index (κ3) is 3.77. The van der Waals surface area contributed by atoms with E-state index in [4.69, 9.17) is 9.84 Å². The Morgan fingerprint density at radius 3 is 2.63 bits per heavy atom. The minimum Gasteiger partial charge on any atom is -0.493 e. The zero-order chi connectivity index (χ0) is 13.5. The van der Waals surface area contributed by atoms with Crippen LogP contribution in [0.15, 0.2) is 43.0 Å². The van der Waals surface area contributed by atoms with E-state index in [1.54, 1.807) is 18.5 Å². The lowest BCUT2D eigenvalue weighted by Crippen LogP contribution is -2.05. The number of rotatable bonds is 6. The molecule has 0 bridgehead atoms. The van der Waals surface area contributed by atoms with Crippen LogP contribution in [0.1, 0.15) is 22.3 Å². The van der Waals surface area contributed by atoms with E-state index in [1.807, 2.05) is 12.1 Å². The summed E-state index contributed by atoms with van der Waals surface area (Å²) in [6, 6.07) is 5.47. The maximum absolute atomic E-state index is 10.9. The average molecular weight is 258 g/mol. The van der Waals surface area contributed by atoms with E-state index in [1.165, 1.54) is 18.0 Å². The van der Waals surface area contributed by atoms with Crippen molar-refractivity contribution in [1.29, 1.82) is 0 Å². The molecule has 0 amide bonds. The van der Waals surface area contributed by atoms with Crippen molar-refractivity contribution in [1.82, 2.24) is 9.97 Å². The van der Waals surface area contributed by atoms with E-state index in [-0.39, 0.29) is 5.56 Å². The summed E-state index contributed by atoms with van der Waals surface area (Å²) in [4.78, 5) is 18.7. The van der Waals surface area contributed by atoms with Gasteiger partial charge in [-0.25, -0.2) is 4.79 Å². The number of nitrogens with zero attached hydrogens (tertiary/aromatic N) is 2. The number of hydrogen-bond acceptors (Lipinski definition) is 4. The van der Waals surface area contributed by atoms with Gasteiger partial charge in [-0.1, -0.05) is 0 Å². The molecule has 0 aliphatic carbocycles. The van der Waals surface area contributed by atoms with E-state index in [2.05, 4.69) is 9.97 Å². The number of ether oxygens (including phenoxy) is 1. The molecule has 5 nitrogen and oxygen atoms in total. The molecular formula is C14H14N2O3. The second kappa shape index (κ2) is 6.49. The molecule has 0 atom stereocenters. The second-order valence-corrected chi connectivity index (χ2v) is 3.98. The predicted octanol–water partition coefficient (Wildman–Crippen LogP) is 2.19. The molecule has 0 aromatic carbocycles. The molecule has 5 heteroatoms. The summed E-state index contributed by atoms with van der Waals surface area (Å²) < 4.78 is 5.48. The van der Waals surface area contributed by atoms with Crippen molar-refractivity contribution in [2.75, 3.05) is 6.61 Å². The maximum Gasteiger partial charge on any atom is 0.341 e. The van der Waals surface area contributed by atoms with Gasteiger partial charge in [0.05, 0.1) is 6.61 Å². The van der Waals surface area contributed by atoms with Gasteiger partial charge in [0.15, 0.2) is 0 Å². The average Bonchev–Trinajstić information content (AvgIpc) is 2.45. The number of aryl methyl sites for hydroxylation is 1. The lowest BCUT2D eigenvalue weighted by atomic mass is 10.1. The van der Waals surface area contributed by atoms with Gasteiger partial charge in [0.2, 0.25) is 0 Å². The molecule has 2 aromatic heterocycles. The van der Waals surface area contributed by atoms with Crippen molar-refractivity contribution in [2.45, 2.75) is 12.8 Å². The van der Waals surface area contributed by atoms with Gasteiger partial charge in [0.25, 0.3) is 0 Å². The Hall–Kier alpha value is -2.43. The van der Waals surface area contributed by atoms with Gasteiger partial charge in [-0.05, 0) is 36.6 Å². The Labute approximate surface area is 110 Å². The third-order valence-corrected chi connectivity index (χ3v) is 2.63. The molecule has 0 saturated heterocycles. The molecule has 19 heavy (non-hydrogen) atoms. The molecule has 0 fully saturated rings. The van der Waals surface area contributed by atoms with Crippen molar-refractivity contribution in [2.24, 2.45) is 0 Å². The van der Waals surface area contributed by atoms with Gasteiger partial charge in [-0.2, -0.15) is 0 Å². The first-order chi connectivity index (χ1) is 9.27. The van der Waals surface area contributed by atoms with Crippen LogP contribution in [-0.2, 0) is 6.42 Å². The highest BCUT2D eigenvalue weighted by molar-refractivity contribution is 5.90. The zero-order valence-corrected chi connectivity index (χ0v) is 10.3. The molecule has 2 aromatic rings. The summed E-state index contributed by atoms with van der Waals surface area (Å²) in [6.07, 6.45) is 8.00. The summed E-state index contributed by atoms with van der Waals surface area (Å²) >= 11 is 0. The third-order valence-electron chi connectivity index (χ3n) is 2.63. The Kier molecular flexibility index (Phi) is 4.44. The SMILES string of the molecule is O=C(O)c1cnccc1OCCCc1ccncc1. The molecule has 1 N–H and O–H groups in total.